The molecule has 1 aliphatic heterocycles. The number of carbonyl (C=O) groups is 4. The van der Waals surface area contributed by atoms with Gasteiger partial charge in [-0.1, -0.05) is 13.8 Å². The van der Waals surface area contributed by atoms with Gasteiger partial charge in [0.05, 0.1) is 0 Å². The number of rotatable bonds is 6. The zero-order valence-corrected chi connectivity index (χ0v) is 23.4. The lowest BCUT2D eigenvalue weighted by Gasteiger charge is -2.59. The summed E-state index contributed by atoms with van der Waals surface area (Å²) < 4.78 is 16.1. The van der Waals surface area contributed by atoms with Gasteiger partial charge in [0, 0.05) is 25.2 Å². The van der Waals surface area contributed by atoms with Crippen LogP contribution in [0.5, 0.6) is 0 Å². The minimum atomic E-state index is -1.84. The Hall–Kier alpha value is -1.92. The molecule has 0 spiro atoms. The molecule has 0 aromatic rings. The summed E-state index contributed by atoms with van der Waals surface area (Å²) in [5.74, 6) is -1.63. The normalized spacial score (nSPS) is 48.5. The van der Waals surface area contributed by atoms with Crippen LogP contribution in [-0.2, 0) is 33.4 Å². The molecule has 4 saturated carbocycles. The summed E-state index contributed by atoms with van der Waals surface area (Å²) in [6, 6.07) is 0. The number of carboxylic acid groups (broad SMARTS) is 1. The molecule has 5 rings (SSSR count). The average Bonchev–Trinajstić information content (AvgIpc) is 3.22. The molecular formula is C29H42O11. The Morgan fingerprint density at radius 3 is 2.38 bits per heavy atom. The third kappa shape index (κ3) is 4.81. The van der Waals surface area contributed by atoms with E-state index in [-0.39, 0.29) is 46.8 Å². The molecule has 224 valence electrons. The zero-order valence-electron chi connectivity index (χ0n) is 23.4. The van der Waals surface area contributed by atoms with Gasteiger partial charge in [-0.2, -0.15) is 0 Å². The molecule has 13 atom stereocenters. The van der Waals surface area contributed by atoms with Crippen LogP contribution in [0.25, 0.3) is 0 Å². The third-order valence-corrected chi connectivity index (χ3v) is 11.2. The predicted molar refractivity (Wildman–Crippen MR) is 136 cm³/mol. The van der Waals surface area contributed by atoms with Crippen molar-refractivity contribution in [2.24, 2.45) is 40.4 Å². The maximum Gasteiger partial charge on any atom is 0.335 e. The molecule has 5 aliphatic rings. The van der Waals surface area contributed by atoms with Crippen LogP contribution in [0, 0.1) is 40.4 Å². The van der Waals surface area contributed by atoms with Gasteiger partial charge in [-0.3, -0.25) is 14.4 Å². The quantitative estimate of drug-likeness (QED) is 0.340. The summed E-state index contributed by atoms with van der Waals surface area (Å²) in [4.78, 5) is 50.2. The highest BCUT2D eigenvalue weighted by Gasteiger charge is 2.64. The highest BCUT2D eigenvalue weighted by molar-refractivity contribution is 5.88. The molecule has 0 radical (unpaired) electrons. The summed E-state index contributed by atoms with van der Waals surface area (Å²) in [5.41, 5.74) is -0.675. The van der Waals surface area contributed by atoms with E-state index in [0.717, 1.165) is 38.5 Å². The Balaban J connectivity index is 1.26. The Kier molecular flexibility index (Phi) is 7.93. The first-order valence-electron chi connectivity index (χ1n) is 14.5. The lowest BCUT2D eigenvalue weighted by Crippen LogP contribution is -2.60. The van der Waals surface area contributed by atoms with Gasteiger partial charge in [-0.05, 0) is 73.5 Å². The summed E-state index contributed by atoms with van der Waals surface area (Å²) >= 11 is 0. The topological polar surface area (TPSA) is 177 Å². The number of hydrogen-bond acceptors (Lipinski definition) is 10. The fourth-order valence-electron chi connectivity index (χ4n) is 9.36. The molecular weight excluding hydrogens is 524 g/mol. The van der Waals surface area contributed by atoms with Crippen molar-refractivity contribution in [3.63, 3.8) is 0 Å². The van der Waals surface area contributed by atoms with Gasteiger partial charge in [-0.25, -0.2) is 4.79 Å². The minimum absolute atomic E-state index is 0.0700. The third-order valence-electron chi connectivity index (χ3n) is 11.2. The Bertz CT molecular complexity index is 1040. The molecule has 11 nitrogen and oxygen atoms in total. The summed E-state index contributed by atoms with van der Waals surface area (Å²) in [6.45, 7) is 5.23. The number of fused-ring (bicyclic) bond motifs is 5. The van der Waals surface area contributed by atoms with Crippen molar-refractivity contribution in [2.45, 2.75) is 109 Å². The van der Waals surface area contributed by atoms with Crippen LogP contribution in [0.2, 0.25) is 0 Å². The zero-order chi connectivity index (χ0) is 29.1. The molecule has 4 unspecified atom stereocenters. The number of ketones is 2. The largest absolute Gasteiger partial charge is 0.479 e. The Morgan fingerprint density at radius 2 is 1.70 bits per heavy atom. The van der Waals surface area contributed by atoms with Crippen LogP contribution >= 0.6 is 0 Å². The van der Waals surface area contributed by atoms with E-state index in [1.165, 1.54) is 6.92 Å². The van der Waals surface area contributed by atoms with Crippen molar-refractivity contribution in [3.05, 3.63) is 0 Å². The number of hydrogen-bond donors (Lipinski definition) is 4. The second-order valence-corrected chi connectivity index (χ2v) is 13.3. The number of aliphatic carboxylic acids is 1. The van der Waals surface area contributed by atoms with Crippen molar-refractivity contribution < 1.29 is 53.8 Å². The first kappa shape index (κ1) is 29.6. The Labute approximate surface area is 233 Å². The standard InChI is InChI=1S/C29H42O11/c1-13(30)39-15-8-9-28(2)14(10-15)4-5-16-17-6-7-18(29(17,3)11-19(31)21(16)28)20(32)12-38-27-24(35)22(33)23(34)25(40-27)26(36)37/h14-18,21-25,27,33-35H,4-12H2,1-3H3,(H,36,37)/t14-,15-,16?,17?,18-,21?,22+,23+,24-,25+,27?,28+,29+/m1/s1. The molecule has 1 saturated heterocycles. The minimum Gasteiger partial charge on any atom is -0.479 e. The van der Waals surface area contributed by atoms with Crippen LogP contribution < -0.4 is 0 Å². The molecule has 0 bridgehead atoms. The van der Waals surface area contributed by atoms with Gasteiger partial charge >= 0.3 is 11.9 Å². The lowest BCUT2D eigenvalue weighted by atomic mass is 9.44. The molecule has 0 aromatic carbocycles. The molecule has 5 fully saturated rings. The van der Waals surface area contributed by atoms with Crippen LogP contribution in [0.15, 0.2) is 0 Å². The van der Waals surface area contributed by atoms with Crippen LogP contribution in [-0.4, -0.2) is 87.3 Å². The van der Waals surface area contributed by atoms with Gasteiger partial charge in [0.2, 0.25) is 0 Å². The molecule has 0 amide bonds. The van der Waals surface area contributed by atoms with Crippen LogP contribution in [0.4, 0.5) is 0 Å². The van der Waals surface area contributed by atoms with Gasteiger partial charge in [0.15, 0.2) is 18.2 Å². The molecule has 4 aliphatic carbocycles. The number of esters is 1. The first-order valence-corrected chi connectivity index (χ1v) is 14.5. The van der Waals surface area contributed by atoms with Crippen LogP contribution in [0.3, 0.4) is 0 Å². The molecule has 0 aromatic heterocycles. The fourth-order valence-corrected chi connectivity index (χ4v) is 9.36. The van der Waals surface area contributed by atoms with E-state index in [9.17, 15) is 39.6 Å². The van der Waals surface area contributed by atoms with Crippen LogP contribution in [0.1, 0.15) is 72.1 Å². The summed E-state index contributed by atoms with van der Waals surface area (Å²) in [7, 11) is 0. The summed E-state index contributed by atoms with van der Waals surface area (Å²) in [5, 5.41) is 39.4. The maximum absolute atomic E-state index is 13.9. The van der Waals surface area contributed by atoms with E-state index in [1.54, 1.807) is 0 Å². The highest BCUT2D eigenvalue weighted by atomic mass is 16.7. The SMILES string of the molecule is CC(=O)O[C@@H]1CC[C@]2(C)C3C(=O)C[C@@]4(C)C(CC[C@@H]4C(=O)COC4O[C@H](C(=O)O)[C@@H](O)[C@H](O)[C@H]4O)C3CC[C@@H]2C1. The van der Waals surface area contributed by atoms with E-state index < -0.39 is 54.6 Å². The lowest BCUT2D eigenvalue weighted by molar-refractivity contribution is -0.292. The van der Waals surface area contributed by atoms with Gasteiger partial charge < -0.3 is 34.6 Å². The van der Waals surface area contributed by atoms with E-state index in [4.69, 9.17) is 14.2 Å². The Morgan fingerprint density at radius 1 is 0.975 bits per heavy atom. The smallest absolute Gasteiger partial charge is 0.335 e. The second kappa shape index (κ2) is 10.7. The fraction of sp³-hybridized carbons (Fsp3) is 0.862. The maximum atomic E-state index is 13.9. The summed E-state index contributed by atoms with van der Waals surface area (Å²) in [6.07, 6.45) is -2.87. The monoisotopic (exact) mass is 566 g/mol. The van der Waals surface area contributed by atoms with E-state index in [0.29, 0.717) is 18.8 Å². The van der Waals surface area contributed by atoms with Crippen molar-refractivity contribution in [2.75, 3.05) is 6.61 Å². The van der Waals surface area contributed by atoms with Crippen molar-refractivity contribution >= 4 is 23.5 Å². The van der Waals surface area contributed by atoms with E-state index in [2.05, 4.69) is 6.92 Å². The number of carbonyl (C=O) groups excluding carboxylic acids is 3. The molecule has 4 N–H and O–H groups in total. The van der Waals surface area contributed by atoms with E-state index >= 15 is 0 Å². The molecule has 11 heteroatoms. The predicted octanol–water partition coefficient (Wildman–Crippen LogP) is 1.23. The number of ether oxygens (including phenoxy) is 3. The number of Topliss-reactive ketones (excluding diaryl/α,β-unsaturated/α-hetero) is 2. The average molecular weight is 567 g/mol. The van der Waals surface area contributed by atoms with Gasteiger partial charge in [0.1, 0.15) is 36.8 Å². The van der Waals surface area contributed by atoms with Crippen molar-refractivity contribution in [1.82, 2.24) is 0 Å². The number of aliphatic hydroxyl groups excluding tert-OH is 3. The highest BCUT2D eigenvalue weighted by Crippen LogP contribution is 2.66. The van der Waals surface area contributed by atoms with Gasteiger partial charge in [-0.15, -0.1) is 0 Å². The second-order valence-electron chi connectivity index (χ2n) is 13.3. The number of aliphatic hydroxyl groups is 3. The molecule has 1 heterocycles. The van der Waals surface area contributed by atoms with Gasteiger partial charge in [0.25, 0.3) is 0 Å². The molecule has 40 heavy (non-hydrogen) atoms. The van der Waals surface area contributed by atoms with Crippen molar-refractivity contribution in [3.8, 4) is 0 Å². The van der Waals surface area contributed by atoms with Crippen molar-refractivity contribution in [1.29, 1.82) is 0 Å². The first-order chi connectivity index (χ1) is 18.8. The number of carboxylic acids is 1. The van der Waals surface area contributed by atoms with E-state index in [1.807, 2.05) is 6.92 Å².